The average molecular weight is 511 g/mol. The molecule has 1 fully saturated rings. The third-order valence-electron chi connectivity index (χ3n) is 6.32. The number of anilines is 1. The molecule has 9 nitrogen and oxygen atoms in total. The number of rotatable bonds is 6. The maximum Gasteiger partial charge on any atom is 0.262 e. The molecule has 5 rings (SSSR count). The molecule has 1 aliphatic carbocycles. The molecule has 0 radical (unpaired) electrons. The number of halogens is 2. The van der Waals surface area contributed by atoms with Gasteiger partial charge >= 0.3 is 0 Å². The van der Waals surface area contributed by atoms with Crippen molar-refractivity contribution < 1.29 is 23.0 Å². The molecule has 1 atom stereocenters. The van der Waals surface area contributed by atoms with Crippen molar-refractivity contribution in [2.45, 2.75) is 19.4 Å². The first-order valence-corrected chi connectivity index (χ1v) is 12.0. The summed E-state index contributed by atoms with van der Waals surface area (Å²) in [6.45, 7) is 4.79. The number of aryl methyl sites for hydroxylation is 1. The number of allylic oxidation sites excluding steroid dienone is 1. The van der Waals surface area contributed by atoms with Gasteiger partial charge in [-0.15, -0.1) is 0 Å². The molecule has 3 heterocycles. The summed E-state index contributed by atoms with van der Waals surface area (Å²) in [4.78, 5) is 27.9. The lowest BCUT2D eigenvalue weighted by Crippen LogP contribution is -2.36. The second-order valence-corrected chi connectivity index (χ2v) is 9.19. The Labute approximate surface area is 212 Å². The smallest absolute Gasteiger partial charge is 0.262 e. The van der Waals surface area contributed by atoms with E-state index in [0.29, 0.717) is 25.3 Å². The topological polar surface area (TPSA) is 95.6 Å². The van der Waals surface area contributed by atoms with Crippen LogP contribution in [0.1, 0.15) is 22.5 Å². The van der Waals surface area contributed by atoms with Crippen LogP contribution in [0.3, 0.4) is 0 Å². The van der Waals surface area contributed by atoms with Crippen LogP contribution in [0.5, 0.6) is 11.6 Å². The van der Waals surface area contributed by atoms with E-state index in [-0.39, 0.29) is 40.0 Å². The van der Waals surface area contributed by atoms with Gasteiger partial charge in [-0.3, -0.25) is 4.79 Å². The summed E-state index contributed by atoms with van der Waals surface area (Å²) in [5.41, 5.74) is 1.80. The van der Waals surface area contributed by atoms with Gasteiger partial charge in [0, 0.05) is 56.1 Å². The van der Waals surface area contributed by atoms with E-state index in [0.717, 1.165) is 24.9 Å². The van der Waals surface area contributed by atoms with Crippen LogP contribution in [0, 0.1) is 18.6 Å². The lowest BCUT2D eigenvalue weighted by atomic mass is 10.1. The highest BCUT2D eigenvalue weighted by Gasteiger charge is 2.26. The highest BCUT2D eigenvalue weighted by Crippen LogP contribution is 2.35. The summed E-state index contributed by atoms with van der Waals surface area (Å²) in [6.07, 6.45) is 8.06. The fourth-order valence-electron chi connectivity index (χ4n) is 4.43. The number of nitrogens with zero attached hydrogens (tertiary/aromatic N) is 4. The van der Waals surface area contributed by atoms with E-state index in [1.54, 1.807) is 21.0 Å². The molecule has 0 saturated carbocycles. The van der Waals surface area contributed by atoms with E-state index in [9.17, 15) is 9.18 Å². The first kappa shape index (κ1) is 24.7. The minimum atomic E-state index is -0.756. The number of ether oxygens (including phenoxy) is 2. The Balaban J connectivity index is 1.43. The molecule has 1 aromatic carbocycles. The molecule has 194 valence electrons. The predicted molar refractivity (Wildman–Crippen MR) is 135 cm³/mol. The van der Waals surface area contributed by atoms with Gasteiger partial charge in [0.25, 0.3) is 5.91 Å². The third kappa shape index (κ3) is 4.99. The monoisotopic (exact) mass is 510 g/mol. The molecule has 1 unspecified atom stereocenters. The van der Waals surface area contributed by atoms with Gasteiger partial charge in [-0.05, 0) is 25.5 Å². The van der Waals surface area contributed by atoms with Crippen molar-refractivity contribution >= 4 is 22.6 Å². The van der Waals surface area contributed by atoms with Crippen LogP contribution in [0.25, 0.3) is 10.9 Å². The highest BCUT2D eigenvalue weighted by atomic mass is 19.1. The quantitative estimate of drug-likeness (QED) is 0.518. The second-order valence-electron chi connectivity index (χ2n) is 9.19. The number of aromatic amines is 1. The normalized spacial score (nSPS) is 17.6. The zero-order valence-electron chi connectivity index (χ0n) is 20.8. The zero-order chi connectivity index (χ0) is 26.1. The molecule has 2 aromatic heterocycles. The zero-order valence-corrected chi connectivity index (χ0v) is 20.8. The number of H-pyrrole nitrogens is 1. The third-order valence-corrected chi connectivity index (χ3v) is 6.32. The molecule has 0 spiro atoms. The van der Waals surface area contributed by atoms with Gasteiger partial charge in [-0.2, -0.15) is 0 Å². The molecule has 1 aliphatic heterocycles. The molecule has 1 saturated heterocycles. The van der Waals surface area contributed by atoms with Crippen molar-refractivity contribution in [3.63, 3.8) is 0 Å². The van der Waals surface area contributed by atoms with Crippen LogP contribution in [-0.4, -0.2) is 77.1 Å². The van der Waals surface area contributed by atoms with Gasteiger partial charge in [-0.25, -0.2) is 18.7 Å². The Bertz CT molecular complexity index is 1390. The molecule has 2 aliphatic rings. The molecule has 37 heavy (non-hydrogen) atoms. The molecule has 3 aromatic rings. The minimum Gasteiger partial charge on any atom is -0.435 e. The summed E-state index contributed by atoms with van der Waals surface area (Å²) < 4.78 is 41.0. The fourth-order valence-corrected chi connectivity index (χ4v) is 4.43. The van der Waals surface area contributed by atoms with Crippen molar-refractivity contribution in [3.8, 4) is 11.6 Å². The Kier molecular flexibility index (Phi) is 6.79. The van der Waals surface area contributed by atoms with Gasteiger partial charge < -0.3 is 29.6 Å². The number of fused-ring (bicyclic) bond motifs is 1. The molecule has 1 amide bonds. The van der Waals surface area contributed by atoms with E-state index >= 15 is 4.39 Å². The predicted octanol–water partition coefficient (Wildman–Crippen LogP) is 4.00. The summed E-state index contributed by atoms with van der Waals surface area (Å²) in [5, 5.41) is 3.32. The first-order chi connectivity index (χ1) is 17.8. The number of hydrogen-bond acceptors (Lipinski definition) is 7. The number of aromatic nitrogens is 3. The summed E-state index contributed by atoms with van der Waals surface area (Å²) >= 11 is 0. The number of morpholine rings is 1. The van der Waals surface area contributed by atoms with Gasteiger partial charge in [-0.1, -0.05) is 12.2 Å². The van der Waals surface area contributed by atoms with Crippen LogP contribution >= 0.6 is 0 Å². The van der Waals surface area contributed by atoms with Crippen molar-refractivity contribution in [1.29, 1.82) is 0 Å². The number of carbonyl (C=O) groups excluding carboxylic acids is 1. The number of hydrogen-bond donors (Lipinski definition) is 2. The lowest BCUT2D eigenvalue weighted by Gasteiger charge is -2.31. The number of benzene rings is 1. The SMILES string of the molecule is Cc1cc2c(F)c(Oc3ncnc(NC4C=CC(N5CCOCC5)=CC4)c3C(=O)N(C)C)cc(F)c2[nH]1. The minimum absolute atomic E-state index is 0.0222. The van der Waals surface area contributed by atoms with Gasteiger partial charge in [0.1, 0.15) is 17.7 Å². The summed E-state index contributed by atoms with van der Waals surface area (Å²) in [6, 6.07) is 2.29. The van der Waals surface area contributed by atoms with Crippen molar-refractivity contribution in [2.75, 3.05) is 45.7 Å². The Morgan fingerprint density at radius 2 is 2.03 bits per heavy atom. The van der Waals surface area contributed by atoms with E-state index in [4.69, 9.17) is 9.47 Å². The largest absolute Gasteiger partial charge is 0.435 e. The number of nitrogens with one attached hydrogen (secondary N) is 2. The van der Waals surface area contributed by atoms with Gasteiger partial charge in [0.15, 0.2) is 17.4 Å². The summed E-state index contributed by atoms with van der Waals surface area (Å²) in [7, 11) is 3.16. The van der Waals surface area contributed by atoms with Crippen molar-refractivity contribution in [2.24, 2.45) is 0 Å². The number of amides is 1. The summed E-state index contributed by atoms with van der Waals surface area (Å²) in [5.74, 6) is -2.19. The molecule has 0 bridgehead atoms. The number of carbonyl (C=O) groups is 1. The van der Waals surface area contributed by atoms with E-state index in [1.807, 2.05) is 12.2 Å². The van der Waals surface area contributed by atoms with E-state index in [2.05, 4.69) is 31.2 Å². The molecular weight excluding hydrogens is 482 g/mol. The van der Waals surface area contributed by atoms with E-state index in [1.165, 1.54) is 17.3 Å². The molecule has 2 N–H and O–H groups in total. The van der Waals surface area contributed by atoms with Crippen LogP contribution in [0.4, 0.5) is 14.6 Å². The molecular formula is C26H28F2N6O3. The van der Waals surface area contributed by atoms with Crippen LogP contribution in [0.2, 0.25) is 0 Å². The first-order valence-electron chi connectivity index (χ1n) is 12.0. The Hall–Kier alpha value is -3.99. The molecule has 11 heteroatoms. The van der Waals surface area contributed by atoms with Crippen LogP contribution in [0.15, 0.2) is 42.4 Å². The highest BCUT2D eigenvalue weighted by molar-refractivity contribution is 6.00. The van der Waals surface area contributed by atoms with Crippen molar-refractivity contribution in [1.82, 2.24) is 24.8 Å². The van der Waals surface area contributed by atoms with Crippen LogP contribution in [-0.2, 0) is 4.74 Å². The van der Waals surface area contributed by atoms with E-state index < -0.39 is 17.5 Å². The fraction of sp³-hybridized carbons (Fsp3) is 0.346. The Morgan fingerprint density at radius 3 is 2.73 bits per heavy atom. The standard InChI is InChI=1S/C26H28F2N6O3/c1-15-12-18-22(28)20(13-19(27)23(18)31-15)37-25-21(26(35)33(2)3)24(29-14-30-25)32-16-4-6-17(7-5-16)34-8-10-36-11-9-34/h4,6-7,12-14,16,31H,5,8-11H2,1-3H3,(H,29,30,32). The maximum atomic E-state index is 15.2. The Morgan fingerprint density at radius 1 is 1.24 bits per heavy atom. The van der Waals surface area contributed by atoms with Gasteiger partial charge in [0.05, 0.1) is 18.7 Å². The van der Waals surface area contributed by atoms with Crippen LogP contribution < -0.4 is 10.1 Å². The van der Waals surface area contributed by atoms with Crippen molar-refractivity contribution in [3.05, 3.63) is 65.3 Å². The maximum absolute atomic E-state index is 15.2. The van der Waals surface area contributed by atoms with Gasteiger partial charge in [0.2, 0.25) is 5.88 Å². The lowest BCUT2D eigenvalue weighted by molar-refractivity contribution is 0.0551. The second kappa shape index (κ2) is 10.2. The average Bonchev–Trinajstić information content (AvgIpc) is 3.30.